The molecule has 5 heteroatoms. The molecule has 2 rings (SSSR count). The molecular formula is C14H12ClNO2S. The van der Waals surface area contributed by atoms with Crippen LogP contribution in [-0.2, 0) is 6.61 Å². The highest BCUT2D eigenvalue weighted by Gasteiger charge is 2.10. The van der Waals surface area contributed by atoms with Crippen LogP contribution in [0.3, 0.4) is 0 Å². The number of ether oxygens (including phenoxy) is 1. The molecule has 0 saturated heterocycles. The maximum absolute atomic E-state index is 9.20. The summed E-state index contributed by atoms with van der Waals surface area (Å²) in [5.74, 6) is 0.767. The Morgan fingerprint density at radius 3 is 2.53 bits per heavy atom. The zero-order valence-corrected chi connectivity index (χ0v) is 11.5. The average Bonchev–Trinajstić information content (AvgIpc) is 2.37. The molecule has 0 aliphatic heterocycles. The highest BCUT2D eigenvalue weighted by molar-refractivity contribution is 7.80. The molecule has 0 unspecified atom stereocenters. The molecule has 0 aliphatic carbocycles. The van der Waals surface area contributed by atoms with Crippen LogP contribution in [0, 0.1) is 0 Å². The Morgan fingerprint density at radius 2 is 1.89 bits per heavy atom. The second-order valence-electron chi connectivity index (χ2n) is 3.93. The van der Waals surface area contributed by atoms with E-state index >= 15 is 0 Å². The zero-order valence-electron chi connectivity index (χ0n) is 9.97. The van der Waals surface area contributed by atoms with Gasteiger partial charge in [0.2, 0.25) is 0 Å². The van der Waals surface area contributed by atoms with Crippen molar-refractivity contribution in [2.45, 2.75) is 6.61 Å². The summed E-state index contributed by atoms with van der Waals surface area (Å²) >= 11 is 11.0. The van der Waals surface area contributed by atoms with Crippen LogP contribution in [0.25, 0.3) is 0 Å². The van der Waals surface area contributed by atoms with Crippen LogP contribution in [-0.4, -0.2) is 10.1 Å². The van der Waals surface area contributed by atoms with E-state index in [4.69, 9.17) is 34.3 Å². The molecule has 2 aromatic rings. The van der Waals surface area contributed by atoms with Crippen molar-refractivity contribution in [2.75, 3.05) is 0 Å². The molecule has 98 valence electrons. The lowest BCUT2D eigenvalue weighted by Gasteiger charge is -2.12. The minimum Gasteiger partial charge on any atom is -0.508 e. The highest BCUT2D eigenvalue weighted by Crippen LogP contribution is 2.27. The molecule has 3 nitrogen and oxygen atoms in total. The van der Waals surface area contributed by atoms with Gasteiger partial charge in [0, 0.05) is 0 Å². The van der Waals surface area contributed by atoms with Crippen LogP contribution in [0.2, 0.25) is 5.02 Å². The van der Waals surface area contributed by atoms with E-state index in [1.807, 2.05) is 0 Å². The van der Waals surface area contributed by atoms with Crippen molar-refractivity contribution >= 4 is 28.8 Å². The summed E-state index contributed by atoms with van der Waals surface area (Å²) in [6.45, 7) is 0.343. The number of thiocarbonyl (C=S) groups is 1. The van der Waals surface area contributed by atoms with Gasteiger partial charge in [-0.05, 0) is 29.8 Å². The second kappa shape index (κ2) is 5.91. The van der Waals surface area contributed by atoms with Crippen molar-refractivity contribution < 1.29 is 9.84 Å². The Labute approximate surface area is 121 Å². The van der Waals surface area contributed by atoms with Crippen molar-refractivity contribution in [3.8, 4) is 11.5 Å². The van der Waals surface area contributed by atoms with E-state index in [2.05, 4.69) is 0 Å². The SMILES string of the molecule is NC(=S)c1c(Cl)cccc1OCc1ccc(O)cc1. The summed E-state index contributed by atoms with van der Waals surface area (Å²) in [5.41, 5.74) is 7.10. The quantitative estimate of drug-likeness (QED) is 0.850. The fourth-order valence-electron chi connectivity index (χ4n) is 1.62. The third-order valence-corrected chi connectivity index (χ3v) is 3.07. The number of hydrogen-bond acceptors (Lipinski definition) is 3. The molecule has 2 aromatic carbocycles. The Kier molecular flexibility index (Phi) is 4.24. The first-order chi connectivity index (χ1) is 9.08. The molecule has 0 spiro atoms. The predicted octanol–water partition coefficient (Wildman–Crippen LogP) is 3.26. The van der Waals surface area contributed by atoms with Gasteiger partial charge in [-0.15, -0.1) is 0 Å². The van der Waals surface area contributed by atoms with Gasteiger partial charge in [0.15, 0.2) is 0 Å². The van der Waals surface area contributed by atoms with Gasteiger partial charge in [0.05, 0.1) is 10.6 Å². The summed E-state index contributed by atoms with van der Waals surface area (Å²) < 4.78 is 5.67. The Bertz CT molecular complexity index is 599. The number of rotatable bonds is 4. The van der Waals surface area contributed by atoms with E-state index in [1.54, 1.807) is 42.5 Å². The molecule has 0 aliphatic rings. The van der Waals surface area contributed by atoms with Crippen LogP contribution < -0.4 is 10.5 Å². The van der Waals surface area contributed by atoms with Crippen LogP contribution >= 0.6 is 23.8 Å². The Morgan fingerprint density at radius 1 is 1.21 bits per heavy atom. The smallest absolute Gasteiger partial charge is 0.131 e. The van der Waals surface area contributed by atoms with Crippen molar-refractivity contribution in [1.29, 1.82) is 0 Å². The van der Waals surface area contributed by atoms with Gasteiger partial charge in [-0.2, -0.15) is 0 Å². The van der Waals surface area contributed by atoms with Gasteiger partial charge >= 0.3 is 0 Å². The lowest BCUT2D eigenvalue weighted by molar-refractivity contribution is 0.305. The molecule has 3 N–H and O–H groups in total. The van der Waals surface area contributed by atoms with Crippen molar-refractivity contribution in [1.82, 2.24) is 0 Å². The Balaban J connectivity index is 2.18. The lowest BCUT2D eigenvalue weighted by Crippen LogP contribution is -2.12. The number of nitrogens with two attached hydrogens (primary N) is 1. The first-order valence-electron chi connectivity index (χ1n) is 5.57. The van der Waals surface area contributed by atoms with Crippen molar-refractivity contribution in [3.05, 3.63) is 58.6 Å². The zero-order chi connectivity index (χ0) is 13.8. The molecular weight excluding hydrogens is 282 g/mol. The van der Waals surface area contributed by atoms with Gasteiger partial charge in [-0.25, -0.2) is 0 Å². The third-order valence-electron chi connectivity index (χ3n) is 2.55. The Hall–Kier alpha value is -1.78. The standard InChI is InChI=1S/C14H12ClNO2S/c15-11-2-1-3-12(13(11)14(16)19)18-8-9-4-6-10(17)7-5-9/h1-7,17H,8H2,(H2,16,19). The fourth-order valence-corrected chi connectivity index (χ4v) is 2.15. The second-order valence-corrected chi connectivity index (χ2v) is 4.78. The average molecular weight is 294 g/mol. The van der Waals surface area contributed by atoms with Crippen molar-refractivity contribution in [2.24, 2.45) is 5.73 Å². The number of benzene rings is 2. The van der Waals surface area contributed by atoms with Gasteiger partial charge in [-0.1, -0.05) is 42.0 Å². The van der Waals surface area contributed by atoms with Gasteiger partial charge in [-0.3, -0.25) is 0 Å². The van der Waals surface area contributed by atoms with Crippen molar-refractivity contribution in [3.63, 3.8) is 0 Å². The number of phenols is 1. The first kappa shape index (κ1) is 13.6. The fraction of sp³-hybridized carbons (Fsp3) is 0.0714. The number of aromatic hydroxyl groups is 1. The molecule has 0 amide bonds. The molecule has 0 heterocycles. The minimum atomic E-state index is 0.200. The van der Waals surface area contributed by atoms with Crippen LogP contribution in [0.5, 0.6) is 11.5 Å². The van der Waals surface area contributed by atoms with E-state index in [0.29, 0.717) is 22.9 Å². The topological polar surface area (TPSA) is 55.5 Å². The number of hydrogen-bond donors (Lipinski definition) is 2. The molecule has 0 saturated carbocycles. The van der Waals surface area contributed by atoms with E-state index < -0.39 is 0 Å². The van der Waals surface area contributed by atoms with E-state index in [-0.39, 0.29) is 10.7 Å². The molecule has 0 atom stereocenters. The number of phenolic OH excluding ortho intramolecular Hbond substituents is 1. The molecule has 0 bridgehead atoms. The van der Waals surface area contributed by atoms with E-state index in [9.17, 15) is 5.11 Å². The summed E-state index contributed by atoms with van der Waals surface area (Å²) in [5, 5.41) is 9.67. The summed E-state index contributed by atoms with van der Waals surface area (Å²) in [4.78, 5) is 0.200. The van der Waals surface area contributed by atoms with Gasteiger partial charge < -0.3 is 15.6 Å². The first-order valence-corrected chi connectivity index (χ1v) is 6.35. The van der Waals surface area contributed by atoms with Gasteiger partial charge in [0.1, 0.15) is 23.1 Å². The third kappa shape index (κ3) is 3.36. The van der Waals surface area contributed by atoms with Crippen LogP contribution in [0.1, 0.15) is 11.1 Å². The lowest BCUT2D eigenvalue weighted by atomic mass is 10.2. The van der Waals surface area contributed by atoms with Gasteiger partial charge in [0.25, 0.3) is 0 Å². The normalized spacial score (nSPS) is 10.2. The number of halogens is 1. The largest absolute Gasteiger partial charge is 0.508 e. The summed E-state index contributed by atoms with van der Waals surface area (Å²) in [6.07, 6.45) is 0. The molecule has 0 radical (unpaired) electrons. The molecule has 0 aromatic heterocycles. The van der Waals surface area contributed by atoms with E-state index in [0.717, 1.165) is 5.56 Å². The maximum atomic E-state index is 9.20. The monoisotopic (exact) mass is 293 g/mol. The summed E-state index contributed by atoms with van der Waals surface area (Å²) in [7, 11) is 0. The van der Waals surface area contributed by atoms with E-state index in [1.165, 1.54) is 0 Å². The minimum absolute atomic E-state index is 0.200. The predicted molar refractivity (Wildman–Crippen MR) is 79.8 cm³/mol. The van der Waals surface area contributed by atoms with Crippen LogP contribution in [0.15, 0.2) is 42.5 Å². The molecule has 19 heavy (non-hydrogen) atoms. The van der Waals surface area contributed by atoms with Crippen LogP contribution in [0.4, 0.5) is 0 Å². The maximum Gasteiger partial charge on any atom is 0.131 e. The summed E-state index contributed by atoms with van der Waals surface area (Å²) in [6, 6.07) is 12.0. The molecule has 0 fully saturated rings. The highest BCUT2D eigenvalue weighted by atomic mass is 35.5.